The van der Waals surface area contributed by atoms with Gasteiger partial charge in [0, 0.05) is 35.5 Å². The van der Waals surface area contributed by atoms with E-state index in [1.807, 2.05) is 18.2 Å². The van der Waals surface area contributed by atoms with Crippen LogP contribution < -0.4 is 5.56 Å². The average Bonchev–Trinajstić information content (AvgIpc) is 3.66. The number of amides is 1. The molecule has 1 aromatic heterocycles. The molecule has 5 nitrogen and oxygen atoms in total. The van der Waals surface area contributed by atoms with Gasteiger partial charge in [-0.2, -0.15) is 0 Å². The third kappa shape index (κ3) is 4.09. The summed E-state index contributed by atoms with van der Waals surface area (Å²) in [6.07, 6.45) is 4.35. The maximum Gasteiger partial charge on any atom is 0.261 e. The van der Waals surface area contributed by atoms with Gasteiger partial charge in [0.2, 0.25) is 5.91 Å². The van der Waals surface area contributed by atoms with Crippen molar-refractivity contribution >= 4 is 28.4 Å². The predicted molar refractivity (Wildman–Crippen MR) is 118 cm³/mol. The molecule has 2 aromatic carbocycles. The van der Waals surface area contributed by atoms with Gasteiger partial charge in [-0.3, -0.25) is 14.2 Å². The molecule has 1 heterocycles. The topological polar surface area (TPSA) is 55.2 Å². The summed E-state index contributed by atoms with van der Waals surface area (Å²) in [5.74, 6) is 0.190. The number of hydrogen-bond donors (Lipinski definition) is 0. The third-order valence-electron chi connectivity index (χ3n) is 6.05. The van der Waals surface area contributed by atoms with Crippen LogP contribution in [0.3, 0.4) is 0 Å². The van der Waals surface area contributed by atoms with E-state index >= 15 is 0 Å². The van der Waals surface area contributed by atoms with E-state index in [9.17, 15) is 14.0 Å². The van der Waals surface area contributed by atoms with Crippen LogP contribution in [0.5, 0.6) is 0 Å². The Hall–Kier alpha value is -2.73. The van der Waals surface area contributed by atoms with Crippen molar-refractivity contribution in [2.75, 3.05) is 0 Å². The summed E-state index contributed by atoms with van der Waals surface area (Å²) in [5.41, 5.74) is 0.972. The van der Waals surface area contributed by atoms with E-state index < -0.39 is 5.82 Å². The highest BCUT2D eigenvalue weighted by atomic mass is 35.5. The standard InChI is InChI=1S/C24H23ClFN3O2/c25-19-5-3-6-20(26)18(19)14-28(15-8-9-15)23(30)13-12-22-27-21-7-2-1-4-17(21)24(31)29(22)16-10-11-16/h1-7,15-16H,8-14H2. The summed E-state index contributed by atoms with van der Waals surface area (Å²) in [7, 11) is 0. The summed E-state index contributed by atoms with van der Waals surface area (Å²) >= 11 is 6.19. The molecular formula is C24H23ClFN3O2. The summed E-state index contributed by atoms with van der Waals surface area (Å²) in [5, 5.41) is 0.940. The first-order valence-corrected chi connectivity index (χ1v) is 11.1. The lowest BCUT2D eigenvalue weighted by Crippen LogP contribution is -2.34. The van der Waals surface area contributed by atoms with Crippen LogP contribution in [-0.4, -0.2) is 26.4 Å². The van der Waals surface area contributed by atoms with Gasteiger partial charge in [-0.15, -0.1) is 0 Å². The second-order valence-electron chi connectivity index (χ2n) is 8.40. The number of carbonyl (C=O) groups is 1. The summed E-state index contributed by atoms with van der Waals surface area (Å²) in [6.45, 7) is 0.162. The first kappa shape index (κ1) is 20.2. The van der Waals surface area contributed by atoms with Gasteiger partial charge >= 0.3 is 0 Å². The number of fused-ring (bicyclic) bond motifs is 1. The molecule has 0 N–H and O–H groups in total. The van der Waals surface area contributed by atoms with Gasteiger partial charge in [-0.25, -0.2) is 9.37 Å². The Morgan fingerprint density at radius 3 is 2.61 bits per heavy atom. The number of rotatable bonds is 7. The molecule has 0 atom stereocenters. The van der Waals surface area contributed by atoms with E-state index in [-0.39, 0.29) is 36.5 Å². The molecule has 2 aliphatic carbocycles. The molecular weight excluding hydrogens is 417 g/mol. The zero-order valence-electron chi connectivity index (χ0n) is 17.1. The zero-order chi connectivity index (χ0) is 21.5. The Morgan fingerprint density at radius 2 is 1.90 bits per heavy atom. The Labute approximate surface area is 184 Å². The minimum Gasteiger partial charge on any atom is -0.335 e. The van der Waals surface area contributed by atoms with Crippen molar-refractivity contribution in [1.29, 1.82) is 0 Å². The van der Waals surface area contributed by atoms with Gasteiger partial charge in [0.05, 0.1) is 17.4 Å². The quantitative estimate of drug-likeness (QED) is 0.538. The molecule has 2 aliphatic rings. The maximum atomic E-state index is 14.3. The lowest BCUT2D eigenvalue weighted by Gasteiger charge is -2.24. The molecule has 0 spiro atoms. The molecule has 0 bridgehead atoms. The fourth-order valence-electron chi connectivity index (χ4n) is 4.10. The minimum atomic E-state index is -0.398. The molecule has 0 aliphatic heterocycles. The molecule has 0 radical (unpaired) electrons. The van der Waals surface area contributed by atoms with Crippen molar-refractivity contribution in [3.05, 3.63) is 75.0 Å². The van der Waals surface area contributed by atoms with Gasteiger partial charge in [0.1, 0.15) is 11.6 Å². The van der Waals surface area contributed by atoms with E-state index in [0.717, 1.165) is 25.7 Å². The van der Waals surface area contributed by atoms with Crippen LogP contribution in [0.25, 0.3) is 10.9 Å². The van der Waals surface area contributed by atoms with Gasteiger partial charge in [-0.05, 0) is 49.9 Å². The lowest BCUT2D eigenvalue weighted by atomic mass is 10.1. The van der Waals surface area contributed by atoms with Crippen LogP contribution in [-0.2, 0) is 17.8 Å². The van der Waals surface area contributed by atoms with E-state index in [0.29, 0.717) is 33.7 Å². The van der Waals surface area contributed by atoms with E-state index in [1.165, 1.54) is 6.07 Å². The fourth-order valence-corrected chi connectivity index (χ4v) is 4.32. The molecule has 3 aromatic rings. The maximum absolute atomic E-state index is 14.3. The second-order valence-corrected chi connectivity index (χ2v) is 8.81. The lowest BCUT2D eigenvalue weighted by molar-refractivity contribution is -0.132. The van der Waals surface area contributed by atoms with Crippen LogP contribution in [0.4, 0.5) is 4.39 Å². The van der Waals surface area contributed by atoms with Crippen LogP contribution in [0.2, 0.25) is 5.02 Å². The molecule has 0 saturated heterocycles. The molecule has 160 valence electrons. The van der Waals surface area contributed by atoms with E-state index in [2.05, 4.69) is 0 Å². The van der Waals surface area contributed by atoms with Gasteiger partial charge < -0.3 is 4.90 Å². The Balaban J connectivity index is 1.39. The second kappa shape index (κ2) is 8.08. The van der Waals surface area contributed by atoms with Gasteiger partial charge in [0.15, 0.2) is 0 Å². The monoisotopic (exact) mass is 439 g/mol. The van der Waals surface area contributed by atoms with Crippen LogP contribution in [0.15, 0.2) is 47.3 Å². The summed E-state index contributed by atoms with van der Waals surface area (Å²) in [6, 6.07) is 12.2. The SMILES string of the molecule is O=C(CCc1nc2ccccc2c(=O)n1C1CC1)N(Cc1c(F)cccc1Cl)C1CC1. The van der Waals surface area contributed by atoms with E-state index in [4.69, 9.17) is 16.6 Å². The molecule has 5 rings (SSSR count). The smallest absolute Gasteiger partial charge is 0.261 e. The highest BCUT2D eigenvalue weighted by Gasteiger charge is 2.34. The highest BCUT2D eigenvalue weighted by Crippen LogP contribution is 2.35. The van der Waals surface area contributed by atoms with Gasteiger partial charge in [-0.1, -0.05) is 29.8 Å². The first-order valence-electron chi connectivity index (χ1n) is 10.8. The average molecular weight is 440 g/mol. The van der Waals surface area contributed by atoms with Crippen molar-refractivity contribution in [2.45, 2.75) is 57.2 Å². The Bertz CT molecular complexity index is 1200. The fraction of sp³-hybridized carbons (Fsp3) is 0.375. The number of carbonyl (C=O) groups excluding carboxylic acids is 1. The van der Waals surface area contributed by atoms with Crippen molar-refractivity contribution in [3.63, 3.8) is 0 Å². The molecule has 31 heavy (non-hydrogen) atoms. The van der Waals surface area contributed by atoms with Crippen molar-refractivity contribution in [3.8, 4) is 0 Å². The number of aromatic nitrogens is 2. The number of benzene rings is 2. The largest absolute Gasteiger partial charge is 0.335 e. The van der Waals surface area contributed by atoms with Crippen molar-refractivity contribution < 1.29 is 9.18 Å². The van der Waals surface area contributed by atoms with Crippen molar-refractivity contribution in [2.24, 2.45) is 0 Å². The number of para-hydroxylation sites is 1. The number of nitrogens with zero attached hydrogens (tertiary/aromatic N) is 3. The van der Waals surface area contributed by atoms with Crippen LogP contribution in [0, 0.1) is 5.82 Å². The van der Waals surface area contributed by atoms with E-state index in [1.54, 1.807) is 27.7 Å². The molecule has 7 heteroatoms. The first-order chi connectivity index (χ1) is 15.0. The number of aryl methyl sites for hydroxylation is 1. The highest BCUT2D eigenvalue weighted by molar-refractivity contribution is 6.31. The van der Waals surface area contributed by atoms with Crippen molar-refractivity contribution in [1.82, 2.24) is 14.5 Å². The van der Waals surface area contributed by atoms with Crippen LogP contribution in [0.1, 0.15) is 49.5 Å². The number of hydrogen-bond acceptors (Lipinski definition) is 3. The summed E-state index contributed by atoms with van der Waals surface area (Å²) in [4.78, 5) is 32.6. The minimum absolute atomic E-state index is 0.0345. The van der Waals surface area contributed by atoms with Gasteiger partial charge in [0.25, 0.3) is 5.56 Å². The number of halogens is 2. The third-order valence-corrected chi connectivity index (χ3v) is 6.41. The zero-order valence-corrected chi connectivity index (χ0v) is 17.8. The normalized spacial score (nSPS) is 15.9. The molecule has 0 unspecified atom stereocenters. The Morgan fingerprint density at radius 1 is 1.13 bits per heavy atom. The Kier molecular flexibility index (Phi) is 5.26. The van der Waals surface area contributed by atoms with Crippen LogP contribution >= 0.6 is 11.6 Å². The predicted octanol–water partition coefficient (Wildman–Crippen LogP) is 4.65. The molecule has 2 fully saturated rings. The molecule has 1 amide bonds. The molecule has 2 saturated carbocycles. The summed E-state index contributed by atoms with van der Waals surface area (Å²) < 4.78 is 16.0.